The monoisotopic (exact) mass is 390 g/mol. The van der Waals surface area contributed by atoms with Gasteiger partial charge in [0.15, 0.2) is 5.13 Å². The van der Waals surface area contributed by atoms with E-state index in [9.17, 15) is 10.1 Å². The van der Waals surface area contributed by atoms with Crippen LogP contribution in [0.25, 0.3) is 0 Å². The van der Waals surface area contributed by atoms with Crippen LogP contribution in [0.3, 0.4) is 0 Å². The highest BCUT2D eigenvalue weighted by Crippen LogP contribution is 2.34. The lowest BCUT2D eigenvalue weighted by Gasteiger charge is -2.09. The molecule has 2 aromatic heterocycles. The molecule has 0 amide bonds. The number of anilines is 4. The van der Waals surface area contributed by atoms with Gasteiger partial charge >= 0.3 is 5.69 Å². The smallest absolute Gasteiger partial charge is 0.334 e. The van der Waals surface area contributed by atoms with Crippen LogP contribution in [0.1, 0.15) is 16.1 Å². The van der Waals surface area contributed by atoms with Crippen molar-refractivity contribution in [2.45, 2.75) is 20.8 Å². The third-order valence-corrected chi connectivity index (χ3v) is 5.09. The van der Waals surface area contributed by atoms with Gasteiger partial charge in [-0.05, 0) is 38.5 Å². The molecule has 2 heterocycles. The summed E-state index contributed by atoms with van der Waals surface area (Å²) >= 11 is 7.51. The lowest BCUT2D eigenvalue weighted by molar-refractivity contribution is -0.383. The summed E-state index contributed by atoms with van der Waals surface area (Å²) in [6, 6.07) is 5.27. The van der Waals surface area contributed by atoms with Gasteiger partial charge in [-0.15, -0.1) is 11.3 Å². The zero-order valence-electron chi connectivity index (χ0n) is 14.2. The molecule has 26 heavy (non-hydrogen) atoms. The quantitative estimate of drug-likeness (QED) is 0.471. The predicted octanol–water partition coefficient (Wildman–Crippen LogP) is 4.91. The Balaban J connectivity index is 1.97. The van der Waals surface area contributed by atoms with E-state index in [2.05, 4.69) is 25.6 Å². The van der Waals surface area contributed by atoms with Crippen molar-refractivity contribution in [3.05, 3.63) is 55.8 Å². The summed E-state index contributed by atoms with van der Waals surface area (Å²) in [5.74, 6) is 0.136. The normalized spacial score (nSPS) is 10.6. The Labute approximate surface area is 158 Å². The van der Waals surface area contributed by atoms with E-state index in [1.165, 1.54) is 17.7 Å². The van der Waals surface area contributed by atoms with Crippen LogP contribution in [0, 0.1) is 30.9 Å². The van der Waals surface area contributed by atoms with Gasteiger partial charge in [0, 0.05) is 15.6 Å². The molecule has 0 spiro atoms. The van der Waals surface area contributed by atoms with Crippen LogP contribution in [0.2, 0.25) is 5.02 Å². The summed E-state index contributed by atoms with van der Waals surface area (Å²) in [6.45, 7) is 5.68. The number of aryl methyl sites for hydroxylation is 3. The molecule has 0 saturated heterocycles. The molecule has 0 bridgehead atoms. The minimum atomic E-state index is -0.534. The molecule has 2 N–H and O–H groups in total. The van der Waals surface area contributed by atoms with Crippen LogP contribution in [-0.4, -0.2) is 19.9 Å². The highest BCUT2D eigenvalue weighted by atomic mass is 35.5. The number of halogens is 1. The van der Waals surface area contributed by atoms with Crippen molar-refractivity contribution < 1.29 is 4.92 Å². The third-order valence-electron chi connectivity index (χ3n) is 3.69. The Bertz CT molecular complexity index is 971. The molecule has 1 aromatic carbocycles. The second kappa shape index (κ2) is 7.22. The molecule has 0 aliphatic heterocycles. The molecule has 0 aliphatic carbocycles. The molecular formula is C16H15ClN6O2S. The second-order valence-corrected chi connectivity index (χ2v) is 7.16. The van der Waals surface area contributed by atoms with E-state index in [0.717, 1.165) is 16.1 Å². The average molecular weight is 391 g/mol. The summed E-state index contributed by atoms with van der Waals surface area (Å²) in [4.78, 5) is 24.5. The van der Waals surface area contributed by atoms with E-state index < -0.39 is 4.92 Å². The van der Waals surface area contributed by atoms with E-state index >= 15 is 0 Å². The van der Waals surface area contributed by atoms with E-state index in [-0.39, 0.29) is 17.3 Å². The fourth-order valence-corrected chi connectivity index (χ4v) is 3.16. The van der Waals surface area contributed by atoms with Crippen LogP contribution in [0.15, 0.2) is 24.5 Å². The summed E-state index contributed by atoms with van der Waals surface area (Å²) in [5.41, 5.74) is 2.09. The summed E-state index contributed by atoms with van der Waals surface area (Å²) in [7, 11) is 0. The number of thiazole rings is 1. The first-order chi connectivity index (χ1) is 12.3. The highest BCUT2D eigenvalue weighted by Gasteiger charge is 2.24. The first kappa shape index (κ1) is 18.0. The van der Waals surface area contributed by atoms with Gasteiger partial charge in [0.25, 0.3) is 0 Å². The molecule has 0 aliphatic rings. The van der Waals surface area contributed by atoms with Crippen molar-refractivity contribution in [3.8, 4) is 0 Å². The van der Waals surface area contributed by atoms with Crippen LogP contribution >= 0.6 is 22.9 Å². The first-order valence-corrected chi connectivity index (χ1v) is 8.78. The van der Waals surface area contributed by atoms with E-state index in [4.69, 9.17) is 11.6 Å². The fraction of sp³-hybridized carbons (Fsp3) is 0.188. The van der Waals surface area contributed by atoms with Crippen LogP contribution in [-0.2, 0) is 0 Å². The second-order valence-electron chi connectivity index (χ2n) is 5.55. The van der Waals surface area contributed by atoms with E-state index in [1.807, 2.05) is 26.8 Å². The van der Waals surface area contributed by atoms with E-state index in [0.29, 0.717) is 15.8 Å². The number of nitro groups is 1. The summed E-state index contributed by atoms with van der Waals surface area (Å²) in [5, 5.41) is 18.5. The van der Waals surface area contributed by atoms with Gasteiger partial charge in [0.05, 0.1) is 10.6 Å². The summed E-state index contributed by atoms with van der Waals surface area (Å²) in [6.07, 6.45) is 1.25. The lowest BCUT2D eigenvalue weighted by atomic mass is 10.2. The molecule has 0 unspecified atom stereocenters. The number of rotatable bonds is 5. The molecular weight excluding hydrogens is 376 g/mol. The van der Waals surface area contributed by atoms with Gasteiger partial charge in [-0.25, -0.2) is 15.0 Å². The number of nitrogens with zero attached hydrogens (tertiary/aromatic N) is 4. The molecule has 0 saturated carbocycles. The van der Waals surface area contributed by atoms with Gasteiger partial charge in [-0.2, -0.15) is 0 Å². The maximum absolute atomic E-state index is 11.6. The van der Waals surface area contributed by atoms with Crippen molar-refractivity contribution in [1.29, 1.82) is 0 Å². The van der Waals surface area contributed by atoms with Crippen molar-refractivity contribution in [1.82, 2.24) is 15.0 Å². The van der Waals surface area contributed by atoms with Gasteiger partial charge in [0.2, 0.25) is 11.6 Å². The number of hydrogen-bond acceptors (Lipinski definition) is 8. The highest BCUT2D eigenvalue weighted by molar-refractivity contribution is 7.15. The molecule has 0 atom stereocenters. The lowest BCUT2D eigenvalue weighted by Crippen LogP contribution is -2.05. The van der Waals surface area contributed by atoms with Crippen LogP contribution in [0.4, 0.5) is 28.1 Å². The van der Waals surface area contributed by atoms with E-state index in [1.54, 1.807) is 12.1 Å². The van der Waals surface area contributed by atoms with Crippen molar-refractivity contribution in [2.24, 2.45) is 0 Å². The fourth-order valence-electron chi connectivity index (χ4n) is 2.17. The molecule has 134 valence electrons. The Morgan fingerprint density at radius 2 is 1.85 bits per heavy atom. The molecule has 3 rings (SSSR count). The van der Waals surface area contributed by atoms with Gasteiger partial charge in [-0.1, -0.05) is 17.7 Å². The first-order valence-electron chi connectivity index (χ1n) is 7.58. The Morgan fingerprint density at radius 1 is 1.15 bits per heavy atom. The van der Waals surface area contributed by atoms with Crippen molar-refractivity contribution in [2.75, 3.05) is 10.6 Å². The van der Waals surface area contributed by atoms with Crippen LogP contribution < -0.4 is 10.6 Å². The predicted molar refractivity (Wildman–Crippen MR) is 103 cm³/mol. The molecule has 3 aromatic rings. The standard InChI is InChI=1S/C16H15ClN6O2S/c1-8-4-5-11(6-12(8)17)21-14-13(23(24)25)15(19-7-18-14)22-16-20-9(2)10(3)26-16/h4-7H,1-3H3,(H2,18,19,20,21,22). The number of benzene rings is 1. The third kappa shape index (κ3) is 3.73. The minimum absolute atomic E-state index is 0.0671. The Hall–Kier alpha value is -2.78. The van der Waals surface area contributed by atoms with Gasteiger partial charge in [-0.3, -0.25) is 10.1 Å². The Kier molecular flexibility index (Phi) is 5.01. The minimum Gasteiger partial charge on any atom is -0.334 e. The van der Waals surface area contributed by atoms with Gasteiger partial charge < -0.3 is 10.6 Å². The maximum Gasteiger partial charge on any atom is 0.353 e. The van der Waals surface area contributed by atoms with Crippen molar-refractivity contribution in [3.63, 3.8) is 0 Å². The van der Waals surface area contributed by atoms with Gasteiger partial charge in [0.1, 0.15) is 6.33 Å². The number of nitrogens with one attached hydrogen (secondary N) is 2. The molecule has 10 heteroatoms. The van der Waals surface area contributed by atoms with Crippen LogP contribution in [0.5, 0.6) is 0 Å². The largest absolute Gasteiger partial charge is 0.353 e. The number of hydrogen-bond donors (Lipinski definition) is 2. The zero-order valence-corrected chi connectivity index (χ0v) is 15.8. The maximum atomic E-state index is 11.6. The summed E-state index contributed by atoms with van der Waals surface area (Å²) < 4.78 is 0. The topological polar surface area (TPSA) is 106 Å². The van der Waals surface area contributed by atoms with Crippen molar-refractivity contribution >= 4 is 51.1 Å². The number of aromatic nitrogens is 3. The molecule has 0 radical (unpaired) electrons. The zero-order chi connectivity index (χ0) is 18.8. The average Bonchev–Trinajstić information content (AvgIpc) is 2.88. The molecule has 0 fully saturated rings. The molecule has 8 nitrogen and oxygen atoms in total. The Morgan fingerprint density at radius 3 is 2.42 bits per heavy atom. The SMILES string of the molecule is Cc1ccc(Nc2ncnc(Nc3nc(C)c(C)s3)c2[N+](=O)[O-])cc1Cl.